The van der Waals surface area contributed by atoms with E-state index < -0.39 is 29.6 Å². The van der Waals surface area contributed by atoms with Crippen LogP contribution in [0, 0.1) is 6.92 Å². The van der Waals surface area contributed by atoms with Crippen LogP contribution < -0.4 is 10.6 Å². The van der Waals surface area contributed by atoms with Crippen LogP contribution in [-0.4, -0.2) is 37.2 Å². The molecule has 26 heavy (non-hydrogen) atoms. The zero-order valence-electron chi connectivity index (χ0n) is 15.6. The third kappa shape index (κ3) is 8.20. The molecule has 144 valence electrons. The van der Waals surface area contributed by atoms with Crippen LogP contribution in [0.3, 0.4) is 0 Å². The molecule has 1 aromatic carbocycles. The van der Waals surface area contributed by atoms with E-state index in [1.807, 2.05) is 13.0 Å². The number of nitrogens with one attached hydrogen (secondary N) is 2. The fraction of sp³-hybridized carbons (Fsp3) is 0.500. The number of methoxy groups -OCH3 is 1. The third-order valence-corrected chi connectivity index (χ3v) is 3.41. The van der Waals surface area contributed by atoms with Crippen molar-refractivity contribution in [1.29, 1.82) is 0 Å². The van der Waals surface area contributed by atoms with Gasteiger partial charge in [-0.15, -0.1) is 0 Å². The van der Waals surface area contributed by atoms with Gasteiger partial charge in [-0.2, -0.15) is 0 Å². The minimum atomic E-state index is -0.698. The van der Waals surface area contributed by atoms with Gasteiger partial charge in [0.25, 0.3) is 0 Å². The molecule has 0 aliphatic carbocycles. The molecule has 0 radical (unpaired) electrons. The first kappa shape index (κ1) is 21.8. The molecule has 7 nitrogen and oxygen atoms in total. The van der Waals surface area contributed by atoms with E-state index in [1.165, 1.54) is 7.11 Å². The standard InChI is InChI=1S/C18H25ClN2O5/c1-11-6-12(8-13(19)7-11)14(9-16(23)25-5)21-15(22)10-20-17(24)26-18(2,3)4/h6-8,14H,9-10H2,1-5H3,(H,20,24)(H,21,22). The predicted octanol–water partition coefficient (Wildman–Crippen LogP) is 2.89. The number of carbonyl (C=O) groups is 3. The van der Waals surface area contributed by atoms with Crippen LogP contribution in [0.25, 0.3) is 0 Å². The quantitative estimate of drug-likeness (QED) is 0.735. The zero-order valence-corrected chi connectivity index (χ0v) is 16.4. The number of hydrogen-bond donors (Lipinski definition) is 2. The first-order valence-electron chi connectivity index (χ1n) is 8.10. The molecule has 0 saturated carbocycles. The van der Waals surface area contributed by atoms with Gasteiger partial charge in [0, 0.05) is 5.02 Å². The lowest BCUT2D eigenvalue weighted by Gasteiger charge is -2.21. The Morgan fingerprint density at radius 1 is 1.19 bits per heavy atom. The van der Waals surface area contributed by atoms with Gasteiger partial charge in [0.05, 0.1) is 19.6 Å². The van der Waals surface area contributed by atoms with E-state index >= 15 is 0 Å². The Morgan fingerprint density at radius 3 is 2.38 bits per heavy atom. The molecule has 2 N–H and O–H groups in total. The molecule has 0 heterocycles. The first-order chi connectivity index (χ1) is 12.0. The number of hydrogen-bond acceptors (Lipinski definition) is 5. The monoisotopic (exact) mass is 384 g/mol. The highest BCUT2D eigenvalue weighted by Crippen LogP contribution is 2.23. The van der Waals surface area contributed by atoms with Crippen LogP contribution in [0.15, 0.2) is 18.2 Å². The van der Waals surface area contributed by atoms with Crippen molar-refractivity contribution >= 4 is 29.6 Å². The number of aryl methyl sites for hydroxylation is 1. The number of amides is 2. The van der Waals surface area contributed by atoms with Crippen molar-refractivity contribution < 1.29 is 23.9 Å². The van der Waals surface area contributed by atoms with Gasteiger partial charge in [-0.25, -0.2) is 4.79 Å². The molecule has 8 heteroatoms. The number of esters is 1. The van der Waals surface area contributed by atoms with Gasteiger partial charge < -0.3 is 20.1 Å². The molecule has 1 unspecified atom stereocenters. The molecule has 1 atom stereocenters. The van der Waals surface area contributed by atoms with Gasteiger partial charge in [0.15, 0.2) is 0 Å². The maximum Gasteiger partial charge on any atom is 0.408 e. The Morgan fingerprint density at radius 2 is 1.85 bits per heavy atom. The SMILES string of the molecule is COC(=O)CC(NC(=O)CNC(=O)OC(C)(C)C)c1cc(C)cc(Cl)c1. The normalized spacial score (nSPS) is 12.1. The number of benzene rings is 1. The molecule has 2 amide bonds. The summed E-state index contributed by atoms with van der Waals surface area (Å²) in [5.41, 5.74) is 0.904. The minimum Gasteiger partial charge on any atom is -0.469 e. The van der Waals surface area contributed by atoms with Crippen molar-refractivity contribution in [2.75, 3.05) is 13.7 Å². The zero-order chi connectivity index (χ0) is 19.9. The number of alkyl carbamates (subject to hydrolysis) is 1. The van der Waals surface area contributed by atoms with Gasteiger partial charge >= 0.3 is 12.1 Å². The average molecular weight is 385 g/mol. The van der Waals surface area contributed by atoms with E-state index in [0.717, 1.165) is 5.56 Å². The maximum atomic E-state index is 12.2. The van der Waals surface area contributed by atoms with E-state index in [1.54, 1.807) is 32.9 Å². The Bertz CT molecular complexity index is 650. The Hall–Kier alpha value is -2.28. The van der Waals surface area contributed by atoms with Gasteiger partial charge in [-0.3, -0.25) is 9.59 Å². The van der Waals surface area contributed by atoms with Crippen molar-refractivity contribution in [2.45, 2.75) is 45.8 Å². The van der Waals surface area contributed by atoms with Crippen LogP contribution in [-0.2, 0) is 19.1 Å². The number of carbonyl (C=O) groups excluding carboxylic acids is 3. The summed E-state index contributed by atoms with van der Waals surface area (Å²) in [7, 11) is 1.27. The van der Waals surface area contributed by atoms with Gasteiger partial charge in [-0.05, 0) is 51.0 Å². The molecule has 0 fully saturated rings. The molecule has 0 aliphatic rings. The van der Waals surface area contributed by atoms with Gasteiger partial charge in [0.1, 0.15) is 12.1 Å². The summed E-state index contributed by atoms with van der Waals surface area (Å²) < 4.78 is 9.75. The van der Waals surface area contributed by atoms with Crippen LogP contribution in [0.2, 0.25) is 5.02 Å². The van der Waals surface area contributed by atoms with Crippen LogP contribution in [0.5, 0.6) is 0 Å². The van der Waals surface area contributed by atoms with Crippen LogP contribution in [0.4, 0.5) is 4.79 Å². The number of rotatable bonds is 6. The van der Waals surface area contributed by atoms with E-state index in [2.05, 4.69) is 15.4 Å². The van der Waals surface area contributed by atoms with Crippen LogP contribution >= 0.6 is 11.6 Å². The summed E-state index contributed by atoms with van der Waals surface area (Å²) in [5, 5.41) is 5.57. The highest BCUT2D eigenvalue weighted by atomic mass is 35.5. The van der Waals surface area contributed by atoms with E-state index in [4.69, 9.17) is 16.3 Å². The lowest BCUT2D eigenvalue weighted by atomic mass is 10.0. The maximum absolute atomic E-state index is 12.2. The summed E-state index contributed by atoms with van der Waals surface area (Å²) in [4.78, 5) is 35.5. The fourth-order valence-electron chi connectivity index (χ4n) is 2.18. The molecule has 0 saturated heterocycles. The lowest BCUT2D eigenvalue weighted by Crippen LogP contribution is -2.41. The average Bonchev–Trinajstić information content (AvgIpc) is 2.49. The topological polar surface area (TPSA) is 93.7 Å². The first-order valence-corrected chi connectivity index (χ1v) is 8.48. The summed E-state index contributed by atoms with van der Waals surface area (Å²) in [6, 6.07) is 4.63. The minimum absolute atomic E-state index is 0.0611. The summed E-state index contributed by atoms with van der Waals surface area (Å²) in [5.74, 6) is -0.949. The molecular formula is C18H25ClN2O5. The highest BCUT2D eigenvalue weighted by molar-refractivity contribution is 6.30. The molecule has 0 aromatic heterocycles. The van der Waals surface area contributed by atoms with E-state index in [9.17, 15) is 14.4 Å². The van der Waals surface area contributed by atoms with E-state index in [-0.39, 0.29) is 13.0 Å². The summed E-state index contributed by atoms with van der Waals surface area (Å²) >= 11 is 6.06. The summed E-state index contributed by atoms with van der Waals surface area (Å²) in [6.07, 6.45) is -0.759. The number of halogens is 1. The Labute approximate surface area is 158 Å². The van der Waals surface area contributed by atoms with Crippen molar-refractivity contribution in [3.05, 3.63) is 34.3 Å². The van der Waals surface area contributed by atoms with E-state index in [0.29, 0.717) is 10.6 Å². The summed E-state index contributed by atoms with van der Waals surface area (Å²) in [6.45, 7) is 6.74. The van der Waals surface area contributed by atoms with Crippen molar-refractivity contribution in [3.8, 4) is 0 Å². The van der Waals surface area contributed by atoms with Gasteiger partial charge in [-0.1, -0.05) is 17.7 Å². The predicted molar refractivity (Wildman–Crippen MR) is 97.9 cm³/mol. The fourth-order valence-corrected chi connectivity index (χ4v) is 2.48. The van der Waals surface area contributed by atoms with Crippen molar-refractivity contribution in [2.24, 2.45) is 0 Å². The van der Waals surface area contributed by atoms with Gasteiger partial charge in [0.2, 0.25) is 5.91 Å². The molecular weight excluding hydrogens is 360 g/mol. The molecule has 0 bridgehead atoms. The number of ether oxygens (including phenoxy) is 2. The molecule has 0 spiro atoms. The van der Waals surface area contributed by atoms with Crippen molar-refractivity contribution in [1.82, 2.24) is 10.6 Å². The third-order valence-electron chi connectivity index (χ3n) is 3.19. The smallest absolute Gasteiger partial charge is 0.408 e. The highest BCUT2D eigenvalue weighted by Gasteiger charge is 2.21. The Kier molecular flexibility index (Phi) is 7.89. The second-order valence-corrected chi connectivity index (χ2v) is 7.25. The van der Waals surface area contributed by atoms with Crippen molar-refractivity contribution in [3.63, 3.8) is 0 Å². The molecule has 0 aliphatic heterocycles. The largest absolute Gasteiger partial charge is 0.469 e. The molecule has 1 rings (SSSR count). The second-order valence-electron chi connectivity index (χ2n) is 6.82. The van der Waals surface area contributed by atoms with Crippen LogP contribution in [0.1, 0.15) is 44.4 Å². The Balaban J connectivity index is 2.77. The molecule has 1 aromatic rings. The second kappa shape index (κ2) is 9.43. The lowest BCUT2D eigenvalue weighted by molar-refractivity contribution is -0.141.